The van der Waals surface area contributed by atoms with Gasteiger partial charge < -0.3 is 5.32 Å². The maximum absolute atomic E-state index is 3.41. The predicted octanol–water partition coefficient (Wildman–Crippen LogP) is 1.47. The molecule has 1 rings (SSSR count). The van der Waals surface area contributed by atoms with Crippen LogP contribution >= 0.6 is 0 Å². The van der Waals surface area contributed by atoms with Crippen molar-refractivity contribution in [3.8, 4) is 0 Å². The summed E-state index contributed by atoms with van der Waals surface area (Å²) in [6.07, 6.45) is 4.10. The van der Waals surface area contributed by atoms with Gasteiger partial charge in [-0.1, -0.05) is 19.8 Å². The normalized spacial score (nSPS) is 26.0. The van der Waals surface area contributed by atoms with Gasteiger partial charge in [-0.05, 0) is 19.9 Å². The number of piperazine rings is 1. The molecule has 0 saturated carbocycles. The lowest BCUT2D eigenvalue weighted by molar-refractivity contribution is 0.171. The molecule has 12 heavy (non-hydrogen) atoms. The minimum atomic E-state index is 0.746. The summed E-state index contributed by atoms with van der Waals surface area (Å²) in [6, 6.07) is 0.746. The van der Waals surface area contributed by atoms with Gasteiger partial charge in [0.2, 0.25) is 0 Å². The van der Waals surface area contributed by atoms with E-state index in [-0.39, 0.29) is 0 Å². The molecule has 1 unspecified atom stereocenters. The van der Waals surface area contributed by atoms with Crippen molar-refractivity contribution in [1.29, 1.82) is 0 Å². The molecule has 72 valence electrons. The van der Waals surface area contributed by atoms with E-state index in [0.717, 1.165) is 6.04 Å². The van der Waals surface area contributed by atoms with Crippen molar-refractivity contribution in [3.05, 3.63) is 0 Å². The minimum Gasteiger partial charge on any atom is -0.314 e. The standard InChI is InChI=1S/C10H22N2/c1-3-4-5-7-12-8-6-11-9-10(12)2/h10-11H,3-9H2,1-2H3. The summed E-state index contributed by atoms with van der Waals surface area (Å²) in [7, 11) is 0. The van der Waals surface area contributed by atoms with Gasteiger partial charge in [0.1, 0.15) is 0 Å². The molecule has 2 nitrogen and oxygen atoms in total. The van der Waals surface area contributed by atoms with Gasteiger partial charge in [0.05, 0.1) is 0 Å². The Morgan fingerprint density at radius 1 is 1.42 bits per heavy atom. The van der Waals surface area contributed by atoms with E-state index in [2.05, 4.69) is 24.1 Å². The summed E-state index contributed by atoms with van der Waals surface area (Å²) < 4.78 is 0. The molecule has 2 heteroatoms. The summed E-state index contributed by atoms with van der Waals surface area (Å²) >= 11 is 0. The number of unbranched alkanes of at least 4 members (excludes halogenated alkanes) is 2. The van der Waals surface area contributed by atoms with E-state index in [1.807, 2.05) is 0 Å². The molecule has 0 bridgehead atoms. The molecule has 1 N–H and O–H groups in total. The van der Waals surface area contributed by atoms with Gasteiger partial charge in [0.25, 0.3) is 0 Å². The highest BCUT2D eigenvalue weighted by molar-refractivity contribution is 4.75. The van der Waals surface area contributed by atoms with E-state index in [4.69, 9.17) is 0 Å². The Labute approximate surface area is 76.3 Å². The highest BCUT2D eigenvalue weighted by Gasteiger charge is 2.16. The van der Waals surface area contributed by atoms with Gasteiger partial charge in [-0.15, -0.1) is 0 Å². The SMILES string of the molecule is CCCCCN1CCNCC1C. The smallest absolute Gasteiger partial charge is 0.0192 e. The molecule has 0 aromatic rings. The second-order valence-corrected chi connectivity index (χ2v) is 3.80. The van der Waals surface area contributed by atoms with Crippen LogP contribution in [0.1, 0.15) is 33.1 Å². The molecular formula is C10H22N2. The van der Waals surface area contributed by atoms with Crippen LogP contribution in [-0.4, -0.2) is 37.1 Å². The maximum atomic E-state index is 3.41. The second-order valence-electron chi connectivity index (χ2n) is 3.80. The molecule has 0 radical (unpaired) electrons. The topological polar surface area (TPSA) is 15.3 Å². The fourth-order valence-corrected chi connectivity index (χ4v) is 1.78. The molecule has 1 saturated heterocycles. The molecular weight excluding hydrogens is 148 g/mol. The first kappa shape index (κ1) is 10.0. The number of nitrogens with zero attached hydrogens (tertiary/aromatic N) is 1. The van der Waals surface area contributed by atoms with Crippen LogP contribution in [0, 0.1) is 0 Å². The third-order valence-electron chi connectivity index (χ3n) is 2.69. The van der Waals surface area contributed by atoms with Gasteiger partial charge in [-0.25, -0.2) is 0 Å². The number of hydrogen-bond donors (Lipinski definition) is 1. The fourth-order valence-electron chi connectivity index (χ4n) is 1.78. The molecule has 1 aliphatic rings. The van der Waals surface area contributed by atoms with Crippen LogP contribution < -0.4 is 5.32 Å². The van der Waals surface area contributed by atoms with Crippen LogP contribution in [-0.2, 0) is 0 Å². The average Bonchev–Trinajstić information content (AvgIpc) is 2.09. The first-order chi connectivity index (χ1) is 5.84. The highest BCUT2D eigenvalue weighted by Crippen LogP contribution is 2.05. The van der Waals surface area contributed by atoms with E-state index in [1.54, 1.807) is 0 Å². The van der Waals surface area contributed by atoms with Crippen LogP contribution in [0.3, 0.4) is 0 Å². The number of nitrogens with one attached hydrogen (secondary N) is 1. The highest BCUT2D eigenvalue weighted by atomic mass is 15.2. The molecule has 1 atom stereocenters. The molecule has 1 heterocycles. The van der Waals surface area contributed by atoms with Crippen molar-refractivity contribution in [1.82, 2.24) is 10.2 Å². The summed E-state index contributed by atoms with van der Waals surface area (Å²) in [4.78, 5) is 2.60. The fraction of sp³-hybridized carbons (Fsp3) is 1.00. The second kappa shape index (κ2) is 5.55. The van der Waals surface area contributed by atoms with Crippen LogP contribution in [0.5, 0.6) is 0 Å². The van der Waals surface area contributed by atoms with Gasteiger partial charge in [-0.3, -0.25) is 4.90 Å². The first-order valence-corrected chi connectivity index (χ1v) is 5.29. The Morgan fingerprint density at radius 3 is 2.92 bits per heavy atom. The average molecular weight is 170 g/mol. The molecule has 0 aromatic heterocycles. The van der Waals surface area contributed by atoms with Crippen molar-refractivity contribution in [2.45, 2.75) is 39.2 Å². The van der Waals surface area contributed by atoms with Gasteiger partial charge in [0.15, 0.2) is 0 Å². The molecule has 0 aliphatic carbocycles. The number of rotatable bonds is 4. The number of hydrogen-bond acceptors (Lipinski definition) is 2. The van der Waals surface area contributed by atoms with E-state index < -0.39 is 0 Å². The van der Waals surface area contributed by atoms with Gasteiger partial charge in [-0.2, -0.15) is 0 Å². The van der Waals surface area contributed by atoms with Crippen LogP contribution in [0.2, 0.25) is 0 Å². The minimum absolute atomic E-state index is 0.746. The molecule has 1 aliphatic heterocycles. The first-order valence-electron chi connectivity index (χ1n) is 5.29. The third kappa shape index (κ3) is 3.11. The van der Waals surface area contributed by atoms with Crippen molar-refractivity contribution in [3.63, 3.8) is 0 Å². The Hall–Kier alpha value is -0.0800. The van der Waals surface area contributed by atoms with E-state index in [9.17, 15) is 0 Å². The summed E-state index contributed by atoms with van der Waals surface area (Å²) in [5.74, 6) is 0. The Kier molecular flexibility index (Phi) is 4.62. The molecule has 0 spiro atoms. The van der Waals surface area contributed by atoms with E-state index >= 15 is 0 Å². The predicted molar refractivity (Wildman–Crippen MR) is 53.4 cm³/mol. The lowest BCUT2D eigenvalue weighted by atomic mass is 10.2. The summed E-state index contributed by atoms with van der Waals surface area (Å²) in [6.45, 7) is 9.48. The summed E-state index contributed by atoms with van der Waals surface area (Å²) in [5.41, 5.74) is 0. The lowest BCUT2D eigenvalue weighted by Gasteiger charge is -2.33. The molecule has 0 aromatic carbocycles. The van der Waals surface area contributed by atoms with Crippen LogP contribution in [0.15, 0.2) is 0 Å². The van der Waals surface area contributed by atoms with Crippen molar-refractivity contribution >= 4 is 0 Å². The lowest BCUT2D eigenvalue weighted by Crippen LogP contribution is -2.49. The van der Waals surface area contributed by atoms with Crippen LogP contribution in [0.4, 0.5) is 0 Å². The van der Waals surface area contributed by atoms with Crippen molar-refractivity contribution in [2.75, 3.05) is 26.2 Å². The maximum Gasteiger partial charge on any atom is 0.0192 e. The van der Waals surface area contributed by atoms with Crippen molar-refractivity contribution in [2.24, 2.45) is 0 Å². The largest absolute Gasteiger partial charge is 0.314 e. The Morgan fingerprint density at radius 2 is 2.25 bits per heavy atom. The van der Waals surface area contributed by atoms with Gasteiger partial charge >= 0.3 is 0 Å². The van der Waals surface area contributed by atoms with Crippen LogP contribution in [0.25, 0.3) is 0 Å². The van der Waals surface area contributed by atoms with Gasteiger partial charge in [0, 0.05) is 25.7 Å². The van der Waals surface area contributed by atoms with E-state index in [0.29, 0.717) is 0 Å². The Balaban J connectivity index is 2.11. The zero-order valence-electron chi connectivity index (χ0n) is 8.47. The quantitative estimate of drug-likeness (QED) is 0.643. The summed E-state index contributed by atoms with van der Waals surface area (Å²) in [5, 5.41) is 3.41. The monoisotopic (exact) mass is 170 g/mol. The van der Waals surface area contributed by atoms with E-state index in [1.165, 1.54) is 45.4 Å². The van der Waals surface area contributed by atoms with Crippen molar-refractivity contribution < 1.29 is 0 Å². The zero-order valence-corrected chi connectivity index (χ0v) is 8.47. The molecule has 0 amide bonds. The third-order valence-corrected chi connectivity index (χ3v) is 2.69. The Bertz CT molecular complexity index is 114. The molecule has 1 fully saturated rings. The zero-order chi connectivity index (χ0) is 8.81.